The summed E-state index contributed by atoms with van der Waals surface area (Å²) in [5, 5.41) is 2.57. The number of benzene rings is 1. The van der Waals surface area contributed by atoms with E-state index in [-0.39, 0.29) is 5.56 Å². The first-order valence-corrected chi connectivity index (χ1v) is 5.75. The minimum atomic E-state index is -0.757. The number of hydrogen-bond donors (Lipinski definition) is 1. The fourth-order valence-corrected chi connectivity index (χ4v) is 1.65. The fraction of sp³-hybridized carbons (Fsp3) is 0.143. The van der Waals surface area contributed by atoms with Gasteiger partial charge < -0.3 is 5.32 Å². The third-order valence-corrected chi connectivity index (χ3v) is 2.65. The van der Waals surface area contributed by atoms with Crippen LogP contribution in [0.4, 0.5) is 8.78 Å². The Morgan fingerprint density at radius 1 is 1.26 bits per heavy atom. The lowest BCUT2D eigenvalue weighted by molar-refractivity contribution is 0.0934. The van der Waals surface area contributed by atoms with Crippen molar-refractivity contribution < 1.29 is 13.6 Å². The summed E-state index contributed by atoms with van der Waals surface area (Å²) in [5.74, 6) is -2.08. The van der Waals surface area contributed by atoms with Gasteiger partial charge in [-0.3, -0.25) is 9.78 Å². The van der Waals surface area contributed by atoms with Gasteiger partial charge in [0.15, 0.2) is 0 Å². The maximum atomic E-state index is 13.4. The molecule has 0 fully saturated rings. The van der Waals surface area contributed by atoms with Crippen molar-refractivity contribution in [1.82, 2.24) is 10.3 Å². The summed E-state index contributed by atoms with van der Waals surface area (Å²) in [4.78, 5) is 15.9. The zero-order valence-electron chi connectivity index (χ0n) is 10.2. The standard InChI is InChI=1S/C14H12F2N2O/c1-9(13-4-2-3-7-17-13)18-14(19)11-8-10(15)5-6-12(11)16/h2-9H,1H3,(H,18,19)/t9-/m0/s1. The van der Waals surface area contributed by atoms with Crippen LogP contribution < -0.4 is 5.32 Å². The van der Waals surface area contributed by atoms with Gasteiger partial charge >= 0.3 is 0 Å². The van der Waals surface area contributed by atoms with Crippen molar-refractivity contribution in [1.29, 1.82) is 0 Å². The lowest BCUT2D eigenvalue weighted by atomic mass is 10.1. The SMILES string of the molecule is C[C@H](NC(=O)c1cc(F)ccc1F)c1ccccn1. The van der Waals surface area contributed by atoms with Crippen LogP contribution in [0, 0.1) is 11.6 Å². The van der Waals surface area contributed by atoms with E-state index in [2.05, 4.69) is 10.3 Å². The molecule has 1 atom stereocenters. The number of carbonyl (C=O) groups is 1. The Kier molecular flexibility index (Phi) is 3.85. The van der Waals surface area contributed by atoms with E-state index in [1.54, 1.807) is 31.3 Å². The minimum Gasteiger partial charge on any atom is -0.344 e. The Balaban J connectivity index is 2.15. The van der Waals surface area contributed by atoms with Crippen molar-refractivity contribution in [2.75, 3.05) is 0 Å². The summed E-state index contributed by atoms with van der Waals surface area (Å²) < 4.78 is 26.4. The minimum absolute atomic E-state index is 0.317. The Labute approximate surface area is 109 Å². The molecule has 1 amide bonds. The van der Waals surface area contributed by atoms with Crippen molar-refractivity contribution in [2.24, 2.45) is 0 Å². The second-order valence-electron chi connectivity index (χ2n) is 4.07. The molecule has 2 rings (SSSR count). The fourth-order valence-electron chi connectivity index (χ4n) is 1.65. The number of carbonyl (C=O) groups excluding carboxylic acids is 1. The quantitative estimate of drug-likeness (QED) is 0.924. The van der Waals surface area contributed by atoms with Crippen LogP contribution in [0.2, 0.25) is 0 Å². The number of amides is 1. The molecule has 1 heterocycles. The van der Waals surface area contributed by atoms with Gasteiger partial charge in [0.2, 0.25) is 0 Å². The topological polar surface area (TPSA) is 42.0 Å². The summed E-state index contributed by atoms with van der Waals surface area (Å²) in [6.45, 7) is 1.72. The van der Waals surface area contributed by atoms with Gasteiger partial charge in [-0.15, -0.1) is 0 Å². The van der Waals surface area contributed by atoms with Gasteiger partial charge in [0.25, 0.3) is 5.91 Å². The molecule has 3 nitrogen and oxygen atoms in total. The van der Waals surface area contributed by atoms with Crippen LogP contribution in [0.15, 0.2) is 42.6 Å². The molecule has 0 unspecified atom stereocenters. The average Bonchev–Trinajstić information content (AvgIpc) is 2.42. The Bertz CT molecular complexity index is 587. The Morgan fingerprint density at radius 2 is 2.05 bits per heavy atom. The van der Waals surface area contributed by atoms with Gasteiger partial charge in [-0.2, -0.15) is 0 Å². The van der Waals surface area contributed by atoms with Crippen LogP contribution in [0.25, 0.3) is 0 Å². The van der Waals surface area contributed by atoms with E-state index in [1.807, 2.05) is 0 Å². The summed E-state index contributed by atoms with van der Waals surface area (Å²) in [6, 6.07) is 7.65. The van der Waals surface area contributed by atoms with Gasteiger partial charge in [-0.05, 0) is 37.3 Å². The highest BCUT2D eigenvalue weighted by Crippen LogP contribution is 2.13. The summed E-state index contributed by atoms with van der Waals surface area (Å²) in [6.07, 6.45) is 1.60. The van der Waals surface area contributed by atoms with Gasteiger partial charge in [0, 0.05) is 6.20 Å². The zero-order chi connectivity index (χ0) is 13.8. The van der Waals surface area contributed by atoms with Crippen LogP contribution in [-0.4, -0.2) is 10.9 Å². The number of nitrogens with zero attached hydrogens (tertiary/aromatic N) is 1. The van der Waals surface area contributed by atoms with Crippen LogP contribution in [0.3, 0.4) is 0 Å². The molecule has 0 saturated carbocycles. The second kappa shape index (κ2) is 5.56. The second-order valence-corrected chi connectivity index (χ2v) is 4.07. The molecule has 1 N–H and O–H groups in total. The molecule has 0 aliphatic carbocycles. The van der Waals surface area contributed by atoms with E-state index < -0.39 is 23.6 Å². The maximum absolute atomic E-state index is 13.4. The number of pyridine rings is 1. The Hall–Kier alpha value is -2.30. The first-order valence-electron chi connectivity index (χ1n) is 5.75. The molecular weight excluding hydrogens is 250 g/mol. The lowest BCUT2D eigenvalue weighted by Gasteiger charge is -2.13. The van der Waals surface area contributed by atoms with Crippen LogP contribution in [-0.2, 0) is 0 Å². The van der Waals surface area contributed by atoms with Crippen molar-refractivity contribution in [2.45, 2.75) is 13.0 Å². The number of aromatic nitrogens is 1. The molecule has 5 heteroatoms. The molecule has 1 aromatic carbocycles. The van der Waals surface area contributed by atoms with E-state index >= 15 is 0 Å². The number of rotatable bonds is 3. The highest BCUT2D eigenvalue weighted by atomic mass is 19.1. The monoisotopic (exact) mass is 262 g/mol. The molecule has 2 aromatic rings. The lowest BCUT2D eigenvalue weighted by Crippen LogP contribution is -2.28. The van der Waals surface area contributed by atoms with Crippen molar-refractivity contribution in [3.8, 4) is 0 Å². The summed E-state index contributed by atoms with van der Waals surface area (Å²) in [7, 11) is 0. The normalized spacial score (nSPS) is 11.9. The van der Waals surface area contributed by atoms with Crippen molar-refractivity contribution in [3.63, 3.8) is 0 Å². The van der Waals surface area contributed by atoms with Crippen molar-refractivity contribution >= 4 is 5.91 Å². The third kappa shape index (κ3) is 3.13. The highest BCUT2D eigenvalue weighted by Gasteiger charge is 2.16. The summed E-state index contributed by atoms with van der Waals surface area (Å²) in [5.41, 5.74) is 0.329. The molecule has 0 aliphatic heterocycles. The zero-order valence-corrected chi connectivity index (χ0v) is 10.2. The molecule has 0 aliphatic rings. The number of nitrogens with one attached hydrogen (secondary N) is 1. The molecule has 0 saturated heterocycles. The molecule has 0 spiro atoms. The predicted molar refractivity (Wildman–Crippen MR) is 66.5 cm³/mol. The van der Waals surface area contributed by atoms with E-state index in [0.717, 1.165) is 18.2 Å². The first kappa shape index (κ1) is 13.1. The highest BCUT2D eigenvalue weighted by molar-refractivity contribution is 5.94. The van der Waals surface area contributed by atoms with E-state index in [4.69, 9.17) is 0 Å². The Morgan fingerprint density at radius 3 is 2.74 bits per heavy atom. The van der Waals surface area contributed by atoms with E-state index in [9.17, 15) is 13.6 Å². The van der Waals surface area contributed by atoms with E-state index in [0.29, 0.717) is 5.69 Å². The molecule has 0 radical (unpaired) electrons. The van der Waals surface area contributed by atoms with Gasteiger partial charge in [0.1, 0.15) is 11.6 Å². The van der Waals surface area contributed by atoms with E-state index in [1.165, 1.54) is 0 Å². The molecule has 0 bridgehead atoms. The number of halogens is 2. The molecule has 1 aromatic heterocycles. The van der Waals surface area contributed by atoms with Gasteiger partial charge in [-0.25, -0.2) is 8.78 Å². The average molecular weight is 262 g/mol. The van der Waals surface area contributed by atoms with Crippen LogP contribution in [0.1, 0.15) is 29.0 Å². The first-order chi connectivity index (χ1) is 9.08. The van der Waals surface area contributed by atoms with Gasteiger partial charge in [0.05, 0.1) is 17.3 Å². The summed E-state index contributed by atoms with van der Waals surface area (Å²) >= 11 is 0. The molecule has 98 valence electrons. The van der Waals surface area contributed by atoms with Gasteiger partial charge in [-0.1, -0.05) is 6.07 Å². The van der Waals surface area contributed by atoms with Crippen LogP contribution in [0.5, 0.6) is 0 Å². The third-order valence-electron chi connectivity index (χ3n) is 2.65. The van der Waals surface area contributed by atoms with Crippen LogP contribution >= 0.6 is 0 Å². The predicted octanol–water partition coefficient (Wildman–Crippen LogP) is 2.85. The number of hydrogen-bond acceptors (Lipinski definition) is 2. The van der Waals surface area contributed by atoms with Crippen molar-refractivity contribution in [3.05, 3.63) is 65.5 Å². The molecular formula is C14H12F2N2O. The molecule has 19 heavy (non-hydrogen) atoms. The smallest absolute Gasteiger partial charge is 0.254 e. The maximum Gasteiger partial charge on any atom is 0.254 e. The largest absolute Gasteiger partial charge is 0.344 e.